The Morgan fingerprint density at radius 2 is 1.84 bits per heavy atom. The average Bonchev–Trinajstić information content (AvgIpc) is 2.81. The first kappa shape index (κ1) is 11.9. The third kappa shape index (κ3) is 2.12. The molecule has 0 spiro atoms. The van der Waals surface area contributed by atoms with Crippen LogP contribution in [-0.4, -0.2) is 22.9 Å². The van der Waals surface area contributed by atoms with Gasteiger partial charge >= 0.3 is 0 Å². The van der Waals surface area contributed by atoms with Gasteiger partial charge in [0.25, 0.3) is 6.29 Å². The quantitative estimate of drug-likeness (QED) is 0.832. The summed E-state index contributed by atoms with van der Waals surface area (Å²) in [5.41, 5.74) is 3.52. The summed E-state index contributed by atoms with van der Waals surface area (Å²) in [6.45, 7) is 3.16. The van der Waals surface area contributed by atoms with Crippen LogP contribution in [0.25, 0.3) is 11.3 Å². The summed E-state index contributed by atoms with van der Waals surface area (Å²) in [6, 6.07) is 3.65. The van der Waals surface area contributed by atoms with Gasteiger partial charge < -0.3 is 9.47 Å². The molecule has 0 saturated carbocycles. The van der Waals surface area contributed by atoms with Crippen molar-refractivity contribution in [2.75, 3.05) is 6.67 Å². The third-order valence-corrected chi connectivity index (χ3v) is 2.99. The van der Waals surface area contributed by atoms with Crippen LogP contribution in [0.3, 0.4) is 0 Å². The largest absolute Gasteiger partial charge is 0.448 e. The van der Waals surface area contributed by atoms with Gasteiger partial charge in [-0.1, -0.05) is 0 Å². The second-order valence-electron chi connectivity index (χ2n) is 4.48. The van der Waals surface area contributed by atoms with Crippen LogP contribution in [0.2, 0.25) is 0 Å². The fraction of sp³-hybridized carbons (Fsp3) is 0.286. The summed E-state index contributed by atoms with van der Waals surface area (Å²) in [4.78, 5) is 8.57. The smallest absolute Gasteiger partial charge is 0.269 e. The SMILES string of the molecule is Cc1cnc(-c2cc3c(cc2C)OC(CF)O3)cn1. The average molecular weight is 260 g/mol. The van der Waals surface area contributed by atoms with E-state index in [0.29, 0.717) is 11.5 Å². The Morgan fingerprint density at radius 3 is 2.47 bits per heavy atom. The Hall–Kier alpha value is -2.17. The van der Waals surface area contributed by atoms with Gasteiger partial charge in [-0.25, -0.2) is 4.39 Å². The number of halogens is 1. The molecule has 0 saturated heterocycles. The number of benzene rings is 1. The molecule has 19 heavy (non-hydrogen) atoms. The predicted octanol–water partition coefficient (Wildman–Crippen LogP) is 2.83. The summed E-state index contributed by atoms with van der Waals surface area (Å²) in [7, 11) is 0. The van der Waals surface area contributed by atoms with Crippen LogP contribution in [0.5, 0.6) is 11.5 Å². The van der Waals surface area contributed by atoms with Crippen LogP contribution in [0, 0.1) is 13.8 Å². The second-order valence-corrected chi connectivity index (χ2v) is 4.48. The molecule has 2 aromatic rings. The predicted molar refractivity (Wildman–Crippen MR) is 68.0 cm³/mol. The van der Waals surface area contributed by atoms with E-state index in [-0.39, 0.29) is 0 Å². The zero-order chi connectivity index (χ0) is 13.4. The van der Waals surface area contributed by atoms with Crippen LogP contribution >= 0.6 is 0 Å². The molecule has 0 aliphatic carbocycles. The van der Waals surface area contributed by atoms with Crippen molar-refractivity contribution in [2.45, 2.75) is 20.1 Å². The van der Waals surface area contributed by atoms with Crippen LogP contribution in [-0.2, 0) is 0 Å². The van der Waals surface area contributed by atoms with Crippen molar-refractivity contribution in [3.05, 3.63) is 35.8 Å². The topological polar surface area (TPSA) is 44.2 Å². The molecule has 0 bridgehead atoms. The van der Waals surface area contributed by atoms with E-state index in [9.17, 15) is 4.39 Å². The van der Waals surface area contributed by atoms with E-state index in [1.807, 2.05) is 26.0 Å². The van der Waals surface area contributed by atoms with Gasteiger partial charge in [-0.05, 0) is 31.5 Å². The van der Waals surface area contributed by atoms with Gasteiger partial charge in [0.05, 0.1) is 17.6 Å². The van der Waals surface area contributed by atoms with Crippen molar-refractivity contribution in [2.24, 2.45) is 0 Å². The fourth-order valence-corrected chi connectivity index (χ4v) is 2.02. The van der Waals surface area contributed by atoms with E-state index in [4.69, 9.17) is 9.47 Å². The lowest BCUT2D eigenvalue weighted by atomic mass is 10.1. The molecule has 1 unspecified atom stereocenters. The monoisotopic (exact) mass is 260 g/mol. The summed E-state index contributed by atoms with van der Waals surface area (Å²) in [5, 5.41) is 0. The number of hydrogen-bond acceptors (Lipinski definition) is 4. The maximum absolute atomic E-state index is 12.6. The number of aryl methyl sites for hydroxylation is 2. The highest BCUT2D eigenvalue weighted by atomic mass is 19.1. The number of ether oxygens (including phenoxy) is 2. The van der Waals surface area contributed by atoms with Crippen LogP contribution in [0.15, 0.2) is 24.5 Å². The van der Waals surface area contributed by atoms with Crippen molar-refractivity contribution in [3.63, 3.8) is 0 Å². The maximum Gasteiger partial charge on any atom is 0.269 e. The van der Waals surface area contributed by atoms with E-state index in [2.05, 4.69) is 9.97 Å². The first-order valence-corrected chi connectivity index (χ1v) is 6.00. The summed E-state index contributed by atoms with van der Waals surface area (Å²) in [5.74, 6) is 1.12. The van der Waals surface area contributed by atoms with Crippen LogP contribution < -0.4 is 9.47 Å². The van der Waals surface area contributed by atoms with E-state index < -0.39 is 13.0 Å². The van der Waals surface area contributed by atoms with E-state index in [1.165, 1.54) is 0 Å². The molecule has 98 valence electrons. The minimum Gasteiger partial charge on any atom is -0.448 e. The number of nitrogens with zero attached hydrogens (tertiary/aromatic N) is 2. The molecule has 0 amide bonds. The highest BCUT2D eigenvalue weighted by molar-refractivity contribution is 5.68. The minimum atomic E-state index is -0.839. The number of rotatable bonds is 2. The number of fused-ring (bicyclic) bond motifs is 1. The molecule has 1 aliphatic rings. The van der Waals surface area contributed by atoms with Gasteiger partial charge in [0, 0.05) is 11.8 Å². The zero-order valence-electron chi connectivity index (χ0n) is 10.7. The lowest BCUT2D eigenvalue weighted by Gasteiger charge is -2.06. The minimum absolute atomic E-state index is 0.547. The molecule has 1 aromatic heterocycles. The van der Waals surface area contributed by atoms with Gasteiger partial charge in [0.15, 0.2) is 18.2 Å². The van der Waals surface area contributed by atoms with E-state index >= 15 is 0 Å². The first-order valence-electron chi connectivity index (χ1n) is 6.00. The van der Waals surface area contributed by atoms with Crippen LogP contribution in [0.1, 0.15) is 11.3 Å². The van der Waals surface area contributed by atoms with Gasteiger partial charge in [-0.15, -0.1) is 0 Å². The van der Waals surface area contributed by atoms with Crippen LogP contribution in [0.4, 0.5) is 4.39 Å². The van der Waals surface area contributed by atoms with Crippen molar-refractivity contribution in [3.8, 4) is 22.8 Å². The highest BCUT2D eigenvalue weighted by Gasteiger charge is 2.25. The maximum atomic E-state index is 12.6. The molecule has 1 atom stereocenters. The van der Waals surface area contributed by atoms with E-state index in [1.54, 1.807) is 12.4 Å². The van der Waals surface area contributed by atoms with Gasteiger partial charge in [0.1, 0.15) is 0 Å². The molecule has 4 nitrogen and oxygen atoms in total. The molecular weight excluding hydrogens is 247 g/mol. The van der Waals surface area contributed by atoms with Crippen molar-refractivity contribution in [1.82, 2.24) is 9.97 Å². The zero-order valence-corrected chi connectivity index (χ0v) is 10.7. The molecule has 5 heteroatoms. The highest BCUT2D eigenvalue weighted by Crippen LogP contribution is 2.39. The Kier molecular flexibility index (Phi) is 2.81. The molecule has 0 radical (unpaired) electrons. The fourth-order valence-electron chi connectivity index (χ4n) is 2.02. The molecular formula is C14H13FN2O2. The lowest BCUT2D eigenvalue weighted by Crippen LogP contribution is -2.19. The normalized spacial score (nSPS) is 16.7. The molecule has 3 rings (SSSR count). The Labute approximate surface area is 110 Å². The van der Waals surface area contributed by atoms with Gasteiger partial charge in [0.2, 0.25) is 0 Å². The summed E-state index contributed by atoms with van der Waals surface area (Å²) >= 11 is 0. The second kappa shape index (κ2) is 4.50. The Bertz CT molecular complexity index is 614. The van der Waals surface area contributed by atoms with Crippen molar-refractivity contribution >= 4 is 0 Å². The Morgan fingerprint density at radius 1 is 1.11 bits per heavy atom. The molecule has 0 fully saturated rings. The van der Waals surface area contributed by atoms with Gasteiger partial charge in [-0.2, -0.15) is 0 Å². The molecule has 1 aromatic carbocycles. The van der Waals surface area contributed by atoms with Crippen molar-refractivity contribution < 1.29 is 13.9 Å². The number of aromatic nitrogens is 2. The van der Waals surface area contributed by atoms with Gasteiger partial charge in [-0.3, -0.25) is 9.97 Å². The molecule has 2 heterocycles. The molecule has 0 N–H and O–H groups in total. The van der Waals surface area contributed by atoms with Crippen molar-refractivity contribution in [1.29, 1.82) is 0 Å². The Balaban J connectivity index is 2.02. The summed E-state index contributed by atoms with van der Waals surface area (Å²) < 4.78 is 23.2. The first-order chi connectivity index (χ1) is 9.17. The third-order valence-electron chi connectivity index (χ3n) is 2.99. The molecule has 1 aliphatic heterocycles. The number of hydrogen-bond donors (Lipinski definition) is 0. The summed E-state index contributed by atoms with van der Waals surface area (Å²) in [6.07, 6.45) is 2.59. The van der Waals surface area contributed by atoms with E-state index in [0.717, 1.165) is 22.5 Å². The lowest BCUT2D eigenvalue weighted by molar-refractivity contribution is 0.0271. The standard InChI is InChI=1S/C14H13FN2O2/c1-8-3-12-13(19-14(5-15)18-12)4-10(8)11-7-16-9(2)6-17-11/h3-4,6-7,14H,5H2,1-2H3. The number of alkyl halides is 1.